The summed E-state index contributed by atoms with van der Waals surface area (Å²) in [5.74, 6) is -1.81. The van der Waals surface area contributed by atoms with Crippen LogP contribution in [0.3, 0.4) is 0 Å². The van der Waals surface area contributed by atoms with Crippen molar-refractivity contribution < 1.29 is 22.3 Å². The first-order valence-electron chi connectivity index (χ1n) is 7.53. The fourth-order valence-corrected chi connectivity index (χ4v) is 3.31. The number of anilines is 2. The number of rotatable bonds is 5. The Morgan fingerprint density at radius 3 is 2.52 bits per heavy atom. The van der Waals surface area contributed by atoms with E-state index in [9.17, 15) is 22.9 Å². The molecule has 0 unspecified atom stereocenters. The van der Waals surface area contributed by atoms with Crippen LogP contribution >= 0.6 is 0 Å². The Bertz CT molecular complexity index is 1050. The first-order valence-corrected chi connectivity index (χ1v) is 9.01. The van der Waals surface area contributed by atoms with Gasteiger partial charge in [0.05, 0.1) is 29.7 Å². The van der Waals surface area contributed by atoms with Crippen molar-refractivity contribution in [2.24, 2.45) is 0 Å². The number of nitrogens with zero attached hydrogens (tertiary/aromatic N) is 3. The maximum atomic E-state index is 14.4. The molecule has 0 atom stereocenters. The van der Waals surface area contributed by atoms with Gasteiger partial charge in [0.2, 0.25) is 10.0 Å². The molecule has 9 nitrogen and oxygen atoms in total. The van der Waals surface area contributed by atoms with Crippen LogP contribution in [0, 0.1) is 17.1 Å². The molecule has 1 heterocycles. The molecule has 2 aromatic rings. The third kappa shape index (κ3) is 3.44. The zero-order valence-electron chi connectivity index (χ0n) is 15.1. The summed E-state index contributed by atoms with van der Waals surface area (Å²) in [7, 11) is 1.39. The van der Waals surface area contributed by atoms with Crippen molar-refractivity contribution in [1.29, 1.82) is 5.26 Å². The summed E-state index contributed by atoms with van der Waals surface area (Å²) < 4.78 is 46.7. The smallest absolute Gasteiger partial charge is 0.357 e. The lowest BCUT2D eigenvalue weighted by atomic mass is 10.2. The lowest BCUT2D eigenvalue weighted by Crippen LogP contribution is -2.22. The second-order valence-electron chi connectivity index (χ2n) is 5.65. The summed E-state index contributed by atoms with van der Waals surface area (Å²) in [5, 5.41) is 9.23. The van der Waals surface area contributed by atoms with Gasteiger partial charge in [-0.15, -0.1) is 0 Å². The molecule has 0 saturated carbocycles. The van der Waals surface area contributed by atoms with Gasteiger partial charge in [-0.2, -0.15) is 5.26 Å². The first-order chi connectivity index (χ1) is 12.6. The average Bonchev–Trinajstić information content (AvgIpc) is 2.96. The van der Waals surface area contributed by atoms with E-state index >= 15 is 0 Å². The topological polar surface area (TPSA) is 130 Å². The van der Waals surface area contributed by atoms with Crippen LogP contribution in [0.2, 0.25) is 0 Å². The molecule has 3 N–H and O–H groups in total. The van der Waals surface area contributed by atoms with Crippen LogP contribution in [0.25, 0.3) is 5.69 Å². The Labute approximate surface area is 155 Å². The lowest BCUT2D eigenvalue weighted by Gasteiger charge is -2.21. The van der Waals surface area contributed by atoms with Gasteiger partial charge in [0.1, 0.15) is 16.8 Å². The summed E-state index contributed by atoms with van der Waals surface area (Å²) >= 11 is 0. The number of carbonyl (C=O) groups is 1. The molecule has 11 heteroatoms. The number of methoxy groups -OCH3 is 1. The second kappa shape index (κ2) is 7.26. The van der Waals surface area contributed by atoms with Crippen molar-refractivity contribution in [2.45, 2.75) is 4.90 Å². The maximum Gasteiger partial charge on any atom is 0.357 e. The molecule has 2 rings (SSSR count). The Balaban J connectivity index is 2.96. The average molecular weight is 395 g/mol. The molecule has 0 radical (unpaired) electrons. The summed E-state index contributed by atoms with van der Waals surface area (Å²) in [5.41, 5.74) is 5.95. The Morgan fingerprint density at radius 2 is 2.04 bits per heavy atom. The van der Waals surface area contributed by atoms with Gasteiger partial charge in [-0.1, -0.05) is 0 Å². The minimum absolute atomic E-state index is 0.0116. The van der Waals surface area contributed by atoms with Gasteiger partial charge in [0.25, 0.3) is 0 Å². The Hall–Kier alpha value is -3.10. The van der Waals surface area contributed by atoms with E-state index in [4.69, 9.17) is 10.5 Å². The Kier molecular flexibility index (Phi) is 5.43. The van der Waals surface area contributed by atoms with Crippen molar-refractivity contribution in [3.63, 3.8) is 0 Å². The zero-order valence-corrected chi connectivity index (χ0v) is 15.9. The molecular weight excluding hydrogens is 377 g/mol. The number of sulfonamides is 1. The molecule has 0 aliphatic carbocycles. The van der Waals surface area contributed by atoms with Crippen molar-refractivity contribution in [2.75, 3.05) is 38.9 Å². The second-order valence-corrected chi connectivity index (χ2v) is 7.51. The molecule has 0 fully saturated rings. The van der Waals surface area contributed by atoms with E-state index in [1.807, 2.05) is 10.8 Å². The summed E-state index contributed by atoms with van der Waals surface area (Å²) in [6.07, 6.45) is 1.26. The van der Waals surface area contributed by atoms with E-state index in [0.29, 0.717) is 0 Å². The Morgan fingerprint density at radius 1 is 1.41 bits per heavy atom. The third-order valence-electron chi connectivity index (χ3n) is 3.87. The van der Waals surface area contributed by atoms with Gasteiger partial charge in [0.15, 0.2) is 5.69 Å². The number of hydrogen-bond donors (Lipinski definition) is 2. The summed E-state index contributed by atoms with van der Waals surface area (Å²) in [6.45, 7) is 0. The molecule has 0 amide bonds. The van der Waals surface area contributed by atoms with Crippen LogP contribution in [0.1, 0.15) is 16.1 Å². The maximum absolute atomic E-state index is 14.4. The number of benzene rings is 1. The third-order valence-corrected chi connectivity index (χ3v) is 5.30. The van der Waals surface area contributed by atoms with Crippen LogP contribution in [0.15, 0.2) is 23.2 Å². The van der Waals surface area contributed by atoms with Crippen molar-refractivity contribution in [3.05, 3.63) is 35.4 Å². The van der Waals surface area contributed by atoms with Crippen LogP contribution in [0.5, 0.6) is 0 Å². The number of aromatic nitrogens is 1. The number of nitriles is 1. The van der Waals surface area contributed by atoms with Crippen LogP contribution in [-0.4, -0.2) is 47.2 Å². The van der Waals surface area contributed by atoms with E-state index in [0.717, 1.165) is 26.3 Å². The largest absolute Gasteiger partial charge is 0.464 e. The monoisotopic (exact) mass is 395 g/mol. The van der Waals surface area contributed by atoms with Crippen LogP contribution < -0.4 is 15.4 Å². The molecular formula is C16H18FN5O4S. The van der Waals surface area contributed by atoms with E-state index in [2.05, 4.69) is 0 Å². The van der Waals surface area contributed by atoms with Gasteiger partial charge in [-0.3, -0.25) is 0 Å². The number of carbonyl (C=O) groups excluding carboxylic acids is 1. The first kappa shape index (κ1) is 20.2. The van der Waals surface area contributed by atoms with Crippen molar-refractivity contribution in [3.8, 4) is 11.8 Å². The summed E-state index contributed by atoms with van der Waals surface area (Å²) in [4.78, 5) is 13.1. The predicted molar refractivity (Wildman–Crippen MR) is 96.8 cm³/mol. The standard InChI is InChI=1S/C16H18FN5O4S/c1-20-27(24,25)13-6-12(11(21(2)3)5-10(13)17)22-8-9(7-18)14(19)15(22)16(23)26-4/h5-6,8,20H,19H2,1-4H3. The van der Waals surface area contributed by atoms with Crippen LogP contribution in [-0.2, 0) is 14.8 Å². The molecule has 0 aliphatic rings. The highest BCUT2D eigenvalue weighted by atomic mass is 32.2. The molecule has 144 valence electrons. The number of ether oxygens (including phenoxy) is 1. The van der Waals surface area contributed by atoms with E-state index in [-0.39, 0.29) is 28.3 Å². The van der Waals surface area contributed by atoms with E-state index < -0.39 is 26.7 Å². The molecule has 0 spiro atoms. The van der Waals surface area contributed by atoms with Gasteiger partial charge in [-0.25, -0.2) is 22.3 Å². The number of esters is 1. The quantitative estimate of drug-likeness (QED) is 0.717. The number of nitrogen functional groups attached to an aromatic ring is 1. The molecule has 1 aromatic heterocycles. The molecule has 0 aliphatic heterocycles. The molecule has 0 bridgehead atoms. The van der Waals surface area contributed by atoms with E-state index in [1.165, 1.54) is 15.7 Å². The minimum Gasteiger partial charge on any atom is -0.464 e. The van der Waals surface area contributed by atoms with Gasteiger partial charge in [-0.05, 0) is 13.1 Å². The number of nitrogens with two attached hydrogens (primary N) is 1. The number of halogens is 1. The van der Waals surface area contributed by atoms with Crippen molar-refractivity contribution in [1.82, 2.24) is 9.29 Å². The summed E-state index contributed by atoms with van der Waals surface area (Å²) in [6, 6.07) is 3.92. The highest BCUT2D eigenvalue weighted by Crippen LogP contribution is 2.33. The van der Waals surface area contributed by atoms with Crippen molar-refractivity contribution >= 4 is 27.4 Å². The fraction of sp³-hybridized carbons (Fsp3) is 0.250. The van der Waals surface area contributed by atoms with Gasteiger partial charge in [0, 0.05) is 26.4 Å². The lowest BCUT2D eigenvalue weighted by molar-refractivity contribution is 0.0593. The van der Waals surface area contributed by atoms with Crippen LogP contribution in [0.4, 0.5) is 15.8 Å². The number of nitrogens with one attached hydrogen (secondary N) is 1. The number of hydrogen-bond acceptors (Lipinski definition) is 7. The van der Waals surface area contributed by atoms with Gasteiger partial charge < -0.3 is 19.9 Å². The molecule has 1 aromatic carbocycles. The molecule has 27 heavy (non-hydrogen) atoms. The SMILES string of the molecule is CNS(=O)(=O)c1cc(-n2cc(C#N)c(N)c2C(=O)OC)c(N(C)C)cc1F. The highest BCUT2D eigenvalue weighted by Gasteiger charge is 2.27. The van der Waals surface area contributed by atoms with Gasteiger partial charge >= 0.3 is 5.97 Å². The highest BCUT2D eigenvalue weighted by molar-refractivity contribution is 7.89. The minimum atomic E-state index is -4.12. The zero-order chi connectivity index (χ0) is 20.5. The normalized spacial score (nSPS) is 11.1. The fourth-order valence-electron chi connectivity index (χ4n) is 2.50. The van der Waals surface area contributed by atoms with E-state index in [1.54, 1.807) is 14.1 Å². The molecule has 0 saturated heterocycles. The predicted octanol–water partition coefficient (Wildman–Crippen LogP) is 0.831.